The molecule has 1 aromatic heterocycles. The number of nitrogens with zero attached hydrogens (tertiary/aromatic N) is 1. The van der Waals surface area contributed by atoms with Crippen LogP contribution in [-0.2, 0) is 14.8 Å². The van der Waals surface area contributed by atoms with Gasteiger partial charge in [0.25, 0.3) is 0 Å². The molecule has 1 unspecified atom stereocenters. The molecule has 0 bridgehead atoms. The van der Waals surface area contributed by atoms with Gasteiger partial charge in [0, 0.05) is 6.54 Å². The molecule has 6 nitrogen and oxygen atoms in total. The first kappa shape index (κ1) is 17.0. The molecule has 24 heavy (non-hydrogen) atoms. The fourth-order valence-corrected chi connectivity index (χ4v) is 5.45. The minimum Gasteiger partial charge on any atom is -0.477 e. The molecule has 1 N–H and O–H groups in total. The summed E-state index contributed by atoms with van der Waals surface area (Å²) in [6.07, 6.45) is 0. The summed E-state index contributed by atoms with van der Waals surface area (Å²) in [5.41, 5.74) is 0.463. The van der Waals surface area contributed by atoms with Crippen LogP contribution in [0.25, 0.3) is 0 Å². The second-order valence-electron chi connectivity index (χ2n) is 5.18. The summed E-state index contributed by atoms with van der Waals surface area (Å²) < 4.78 is 46.0. The number of halogens is 1. The van der Waals surface area contributed by atoms with E-state index in [0.29, 0.717) is 5.56 Å². The molecular formula is C15H14FNO5S2. The highest BCUT2D eigenvalue weighted by Gasteiger charge is 2.37. The normalized spacial score (nSPS) is 19.3. The molecule has 3 rings (SSSR count). The molecule has 2 aromatic rings. The third kappa shape index (κ3) is 3.07. The average Bonchev–Trinajstić information content (AvgIpc) is 3.06. The summed E-state index contributed by atoms with van der Waals surface area (Å²) in [5, 5.41) is 10.6. The predicted octanol–water partition coefficient (Wildman–Crippen LogP) is 2.35. The third-order valence-electron chi connectivity index (χ3n) is 3.72. The number of rotatable bonds is 4. The van der Waals surface area contributed by atoms with E-state index < -0.39 is 27.9 Å². The number of morpholine rings is 1. The molecule has 0 amide bonds. The van der Waals surface area contributed by atoms with Gasteiger partial charge in [-0.1, -0.05) is 12.1 Å². The third-order valence-corrected chi connectivity index (χ3v) is 6.70. The number of ether oxygens (including phenoxy) is 1. The summed E-state index contributed by atoms with van der Waals surface area (Å²) in [6.45, 7) is 0.339. The molecule has 0 radical (unpaired) electrons. The standard InChI is InChI=1S/C15H14FNO5S2/c16-11-3-1-2-10(8-11)12-9-22-6-5-17(12)24(20,21)13-4-7-23-14(13)15(18)19/h1-4,7-8,12H,5-6,9H2,(H,18,19). The molecule has 0 spiro atoms. The second kappa shape index (κ2) is 6.60. The molecule has 0 aliphatic carbocycles. The van der Waals surface area contributed by atoms with Crippen molar-refractivity contribution in [3.05, 3.63) is 52.0 Å². The highest BCUT2D eigenvalue weighted by molar-refractivity contribution is 7.89. The van der Waals surface area contributed by atoms with Crippen molar-refractivity contribution in [2.24, 2.45) is 0 Å². The van der Waals surface area contributed by atoms with Crippen LogP contribution < -0.4 is 0 Å². The van der Waals surface area contributed by atoms with E-state index in [1.165, 1.54) is 34.0 Å². The van der Waals surface area contributed by atoms with Crippen LogP contribution in [0.2, 0.25) is 0 Å². The van der Waals surface area contributed by atoms with E-state index in [1.807, 2.05) is 0 Å². The monoisotopic (exact) mass is 371 g/mol. The summed E-state index contributed by atoms with van der Waals surface area (Å²) >= 11 is 0.851. The van der Waals surface area contributed by atoms with Crippen molar-refractivity contribution in [3.63, 3.8) is 0 Å². The van der Waals surface area contributed by atoms with Crippen molar-refractivity contribution in [2.45, 2.75) is 10.9 Å². The van der Waals surface area contributed by atoms with Gasteiger partial charge in [0.05, 0.1) is 19.3 Å². The molecule has 2 heterocycles. The quantitative estimate of drug-likeness (QED) is 0.892. The van der Waals surface area contributed by atoms with Crippen LogP contribution in [0.3, 0.4) is 0 Å². The van der Waals surface area contributed by atoms with Gasteiger partial charge in [0.1, 0.15) is 15.6 Å². The minimum absolute atomic E-state index is 0.0679. The first-order valence-corrected chi connectivity index (χ1v) is 9.39. The van der Waals surface area contributed by atoms with Crippen molar-refractivity contribution in [1.82, 2.24) is 4.31 Å². The van der Waals surface area contributed by atoms with Gasteiger partial charge in [0.15, 0.2) is 0 Å². The second-order valence-corrected chi connectivity index (χ2v) is 7.96. The van der Waals surface area contributed by atoms with E-state index in [2.05, 4.69) is 0 Å². The van der Waals surface area contributed by atoms with E-state index in [-0.39, 0.29) is 29.5 Å². The molecule has 1 aliphatic heterocycles. The zero-order chi connectivity index (χ0) is 17.3. The Morgan fingerprint density at radius 3 is 2.88 bits per heavy atom. The predicted molar refractivity (Wildman–Crippen MR) is 85.1 cm³/mol. The van der Waals surface area contributed by atoms with Gasteiger partial charge in [0.2, 0.25) is 10.0 Å². The van der Waals surface area contributed by atoms with E-state index in [0.717, 1.165) is 11.3 Å². The lowest BCUT2D eigenvalue weighted by Crippen LogP contribution is -2.43. The largest absolute Gasteiger partial charge is 0.477 e. The number of benzene rings is 1. The molecule has 128 valence electrons. The zero-order valence-corrected chi connectivity index (χ0v) is 14.0. The molecule has 1 aromatic carbocycles. The van der Waals surface area contributed by atoms with Crippen molar-refractivity contribution in [2.75, 3.05) is 19.8 Å². The van der Waals surface area contributed by atoms with Crippen LogP contribution in [0, 0.1) is 5.82 Å². The number of hydrogen-bond acceptors (Lipinski definition) is 5. The molecule has 0 saturated carbocycles. The van der Waals surface area contributed by atoms with Gasteiger partial charge >= 0.3 is 5.97 Å². The first-order valence-electron chi connectivity index (χ1n) is 7.07. The maximum Gasteiger partial charge on any atom is 0.347 e. The lowest BCUT2D eigenvalue weighted by atomic mass is 10.1. The van der Waals surface area contributed by atoms with E-state index in [4.69, 9.17) is 4.74 Å². The van der Waals surface area contributed by atoms with Crippen LogP contribution in [0.4, 0.5) is 4.39 Å². The SMILES string of the molecule is O=C(O)c1sccc1S(=O)(=O)N1CCOCC1c1cccc(F)c1. The summed E-state index contributed by atoms with van der Waals surface area (Å²) in [7, 11) is -4.04. The Morgan fingerprint density at radius 2 is 2.17 bits per heavy atom. The summed E-state index contributed by atoms with van der Waals surface area (Å²) in [4.78, 5) is 10.8. The topological polar surface area (TPSA) is 83.9 Å². The lowest BCUT2D eigenvalue weighted by molar-refractivity contribution is 0.0319. The summed E-state index contributed by atoms with van der Waals surface area (Å²) in [5.74, 6) is -1.77. The van der Waals surface area contributed by atoms with Crippen LogP contribution in [-0.4, -0.2) is 43.6 Å². The van der Waals surface area contributed by atoms with Crippen LogP contribution in [0.1, 0.15) is 21.3 Å². The van der Waals surface area contributed by atoms with Crippen molar-refractivity contribution >= 4 is 27.3 Å². The number of carboxylic acid groups (broad SMARTS) is 1. The van der Waals surface area contributed by atoms with Gasteiger partial charge in [-0.15, -0.1) is 11.3 Å². The average molecular weight is 371 g/mol. The molecule has 1 fully saturated rings. The molecule has 1 saturated heterocycles. The van der Waals surface area contributed by atoms with Crippen molar-refractivity contribution < 1.29 is 27.4 Å². The summed E-state index contributed by atoms with van der Waals surface area (Å²) in [6, 6.07) is 6.22. The van der Waals surface area contributed by atoms with Crippen molar-refractivity contribution in [3.8, 4) is 0 Å². The Hall–Kier alpha value is -1.81. The Bertz CT molecular complexity index is 864. The van der Waals surface area contributed by atoms with Gasteiger partial charge < -0.3 is 9.84 Å². The van der Waals surface area contributed by atoms with Gasteiger partial charge in [-0.05, 0) is 29.1 Å². The Kier molecular flexibility index (Phi) is 4.68. The van der Waals surface area contributed by atoms with Crippen LogP contribution in [0.5, 0.6) is 0 Å². The molecule has 1 atom stereocenters. The molecule has 1 aliphatic rings. The van der Waals surface area contributed by atoms with Gasteiger partial charge in [-0.2, -0.15) is 4.31 Å². The fraction of sp³-hybridized carbons (Fsp3) is 0.267. The number of thiophene rings is 1. The molecular weight excluding hydrogens is 357 g/mol. The van der Waals surface area contributed by atoms with Crippen molar-refractivity contribution in [1.29, 1.82) is 0 Å². The highest BCUT2D eigenvalue weighted by Crippen LogP contribution is 2.33. The van der Waals surface area contributed by atoms with E-state index in [1.54, 1.807) is 6.07 Å². The maximum absolute atomic E-state index is 13.5. The van der Waals surface area contributed by atoms with E-state index >= 15 is 0 Å². The zero-order valence-electron chi connectivity index (χ0n) is 12.4. The number of sulfonamides is 1. The number of hydrogen-bond donors (Lipinski definition) is 1. The first-order chi connectivity index (χ1) is 11.4. The maximum atomic E-state index is 13.5. The molecule has 9 heteroatoms. The lowest BCUT2D eigenvalue weighted by Gasteiger charge is -2.34. The Labute approximate surface area is 142 Å². The van der Waals surface area contributed by atoms with Gasteiger partial charge in [-0.25, -0.2) is 17.6 Å². The smallest absolute Gasteiger partial charge is 0.347 e. The number of carbonyl (C=O) groups is 1. The Morgan fingerprint density at radius 1 is 1.38 bits per heavy atom. The van der Waals surface area contributed by atoms with Gasteiger partial charge in [-0.3, -0.25) is 0 Å². The fourth-order valence-electron chi connectivity index (χ4n) is 2.64. The number of aromatic carboxylic acids is 1. The van der Waals surface area contributed by atoms with E-state index in [9.17, 15) is 22.7 Å². The highest BCUT2D eigenvalue weighted by atomic mass is 32.2. The van der Waals surface area contributed by atoms with Crippen LogP contribution >= 0.6 is 11.3 Å². The Balaban J connectivity index is 2.04. The van der Waals surface area contributed by atoms with Crippen LogP contribution in [0.15, 0.2) is 40.6 Å². The number of carboxylic acids is 1. The minimum atomic E-state index is -4.04.